The summed E-state index contributed by atoms with van der Waals surface area (Å²) in [7, 11) is 0. The number of carbonyl (C=O) groups excluding carboxylic acids is 3. The zero-order valence-electron chi connectivity index (χ0n) is 10.8. The molecule has 0 amide bonds. The van der Waals surface area contributed by atoms with Gasteiger partial charge in [0.25, 0.3) is 0 Å². The van der Waals surface area contributed by atoms with E-state index in [1.165, 1.54) is 20.8 Å². The molecular formula is C11H15BrO7. The number of ether oxygens (including phenoxy) is 4. The summed E-state index contributed by atoms with van der Waals surface area (Å²) in [5, 5.41) is -0.638. The molecule has 1 rings (SSSR count). The monoisotopic (exact) mass is 338 g/mol. The van der Waals surface area contributed by atoms with Crippen LogP contribution in [-0.2, 0) is 33.3 Å². The molecule has 7 nitrogen and oxygen atoms in total. The van der Waals surface area contributed by atoms with Crippen molar-refractivity contribution in [3.8, 4) is 0 Å². The number of esters is 3. The van der Waals surface area contributed by atoms with Crippen LogP contribution in [0.4, 0.5) is 0 Å². The van der Waals surface area contributed by atoms with Crippen LogP contribution in [0.25, 0.3) is 0 Å². The Kier molecular flexibility index (Phi) is 5.74. The second-order valence-corrected chi connectivity index (χ2v) is 4.88. The number of carbonyl (C=O) groups is 3. The second kappa shape index (κ2) is 6.85. The third-order valence-corrected chi connectivity index (χ3v) is 3.05. The lowest BCUT2D eigenvalue weighted by Gasteiger charge is -2.22. The highest BCUT2D eigenvalue weighted by atomic mass is 79.9. The van der Waals surface area contributed by atoms with Crippen LogP contribution in [-0.4, -0.2) is 47.8 Å². The first-order valence-corrected chi connectivity index (χ1v) is 6.50. The van der Waals surface area contributed by atoms with E-state index in [0.717, 1.165) is 0 Å². The van der Waals surface area contributed by atoms with E-state index in [2.05, 4.69) is 15.9 Å². The summed E-state index contributed by atoms with van der Waals surface area (Å²) >= 11 is 3.18. The Morgan fingerprint density at radius 3 is 2.00 bits per heavy atom. The zero-order chi connectivity index (χ0) is 14.6. The van der Waals surface area contributed by atoms with Crippen LogP contribution in [0.3, 0.4) is 0 Å². The van der Waals surface area contributed by atoms with Gasteiger partial charge in [0.05, 0.1) is 0 Å². The van der Waals surface area contributed by atoms with Crippen molar-refractivity contribution in [2.75, 3.05) is 6.61 Å². The van der Waals surface area contributed by atoms with Crippen molar-refractivity contribution in [1.82, 2.24) is 0 Å². The number of halogens is 1. The van der Waals surface area contributed by atoms with E-state index in [0.29, 0.717) is 0 Å². The van der Waals surface area contributed by atoms with E-state index >= 15 is 0 Å². The Morgan fingerprint density at radius 1 is 1.00 bits per heavy atom. The van der Waals surface area contributed by atoms with Crippen LogP contribution in [0.1, 0.15) is 20.8 Å². The van der Waals surface area contributed by atoms with Gasteiger partial charge in [-0.3, -0.25) is 14.4 Å². The summed E-state index contributed by atoms with van der Waals surface area (Å²) in [5.41, 5.74) is 0. The second-order valence-electron chi connectivity index (χ2n) is 3.98. The molecule has 1 aliphatic heterocycles. The van der Waals surface area contributed by atoms with Crippen LogP contribution >= 0.6 is 15.9 Å². The van der Waals surface area contributed by atoms with Crippen LogP contribution in [0.15, 0.2) is 0 Å². The fourth-order valence-electron chi connectivity index (χ4n) is 1.66. The minimum Gasteiger partial charge on any atom is -0.463 e. The molecule has 0 N–H and O–H groups in total. The fraction of sp³-hybridized carbons (Fsp3) is 0.727. The smallest absolute Gasteiger partial charge is 0.303 e. The maximum atomic E-state index is 11.1. The molecule has 4 atom stereocenters. The molecule has 0 aromatic carbocycles. The van der Waals surface area contributed by atoms with Gasteiger partial charge in [0, 0.05) is 20.8 Å². The van der Waals surface area contributed by atoms with Gasteiger partial charge in [-0.25, -0.2) is 0 Å². The van der Waals surface area contributed by atoms with Crippen molar-refractivity contribution in [1.29, 1.82) is 0 Å². The van der Waals surface area contributed by atoms with E-state index in [-0.39, 0.29) is 6.61 Å². The summed E-state index contributed by atoms with van der Waals surface area (Å²) in [6.45, 7) is 3.64. The predicted octanol–water partition coefficient (Wildman–Crippen LogP) is 0.533. The van der Waals surface area contributed by atoms with Gasteiger partial charge in [0.1, 0.15) is 12.7 Å². The SMILES string of the molecule is CC(=O)OC[C@H]1O[C@@H](Br)[C@H](OC(C)=O)[C@@H]1OC(C)=O. The van der Waals surface area contributed by atoms with Gasteiger partial charge >= 0.3 is 17.9 Å². The van der Waals surface area contributed by atoms with Gasteiger partial charge in [0.15, 0.2) is 17.2 Å². The topological polar surface area (TPSA) is 88.1 Å². The lowest BCUT2D eigenvalue weighted by molar-refractivity contribution is -0.165. The molecule has 0 aromatic rings. The van der Waals surface area contributed by atoms with Gasteiger partial charge < -0.3 is 18.9 Å². The van der Waals surface area contributed by atoms with Crippen LogP contribution < -0.4 is 0 Å². The van der Waals surface area contributed by atoms with Crippen molar-refractivity contribution in [3.63, 3.8) is 0 Å². The molecule has 19 heavy (non-hydrogen) atoms. The van der Waals surface area contributed by atoms with Crippen LogP contribution in [0, 0.1) is 0 Å². The molecule has 0 aliphatic carbocycles. The molecule has 8 heteroatoms. The molecule has 1 heterocycles. The lowest BCUT2D eigenvalue weighted by atomic mass is 10.1. The van der Waals surface area contributed by atoms with E-state index in [9.17, 15) is 14.4 Å². The lowest BCUT2D eigenvalue weighted by Crippen LogP contribution is -2.40. The predicted molar refractivity (Wildman–Crippen MR) is 65.3 cm³/mol. The molecule has 1 aliphatic rings. The molecule has 1 fully saturated rings. The molecule has 0 saturated carbocycles. The Hall–Kier alpha value is -1.15. The molecule has 1 saturated heterocycles. The first-order valence-electron chi connectivity index (χ1n) is 5.58. The van der Waals surface area contributed by atoms with Crippen molar-refractivity contribution < 1.29 is 33.3 Å². The summed E-state index contributed by atoms with van der Waals surface area (Å²) in [4.78, 5) is 32.9. The number of hydrogen-bond acceptors (Lipinski definition) is 7. The van der Waals surface area contributed by atoms with Crippen molar-refractivity contribution in [2.45, 2.75) is 44.1 Å². The Bertz CT molecular complexity index is 370. The van der Waals surface area contributed by atoms with Gasteiger partial charge in [0.2, 0.25) is 0 Å². The summed E-state index contributed by atoms with van der Waals surface area (Å²) < 4.78 is 20.4. The average Bonchev–Trinajstić information content (AvgIpc) is 2.53. The van der Waals surface area contributed by atoms with Gasteiger partial charge in [-0.1, -0.05) is 15.9 Å². The fourth-order valence-corrected chi connectivity index (χ4v) is 2.35. The van der Waals surface area contributed by atoms with E-state index in [1.807, 2.05) is 0 Å². The highest BCUT2D eigenvalue weighted by molar-refractivity contribution is 9.09. The normalized spacial score (nSPS) is 29.7. The highest BCUT2D eigenvalue weighted by Crippen LogP contribution is 2.30. The Balaban J connectivity index is 2.76. The first-order chi connectivity index (χ1) is 8.81. The molecule has 0 radical (unpaired) electrons. The quantitative estimate of drug-likeness (QED) is 0.419. The minimum atomic E-state index is -0.829. The largest absolute Gasteiger partial charge is 0.463 e. The summed E-state index contributed by atoms with van der Waals surface area (Å²) in [6, 6.07) is 0. The van der Waals surface area contributed by atoms with E-state index < -0.39 is 41.2 Å². The van der Waals surface area contributed by atoms with E-state index in [4.69, 9.17) is 18.9 Å². The molecule has 0 bridgehead atoms. The van der Waals surface area contributed by atoms with Crippen molar-refractivity contribution in [3.05, 3.63) is 0 Å². The number of alkyl halides is 1. The summed E-state index contributed by atoms with van der Waals surface area (Å²) in [5.74, 6) is -1.55. The minimum absolute atomic E-state index is 0.0901. The molecular weight excluding hydrogens is 324 g/mol. The molecule has 0 unspecified atom stereocenters. The third-order valence-electron chi connectivity index (χ3n) is 2.31. The third kappa shape index (κ3) is 4.79. The van der Waals surface area contributed by atoms with Gasteiger partial charge in [-0.15, -0.1) is 0 Å². The molecule has 0 spiro atoms. The number of rotatable bonds is 4. The average molecular weight is 339 g/mol. The van der Waals surface area contributed by atoms with E-state index in [1.54, 1.807) is 0 Å². The molecule has 0 aromatic heterocycles. The zero-order valence-corrected chi connectivity index (χ0v) is 12.3. The van der Waals surface area contributed by atoms with Crippen molar-refractivity contribution >= 4 is 33.8 Å². The summed E-state index contributed by atoms with van der Waals surface area (Å²) in [6.07, 6.45) is -2.31. The van der Waals surface area contributed by atoms with Crippen molar-refractivity contribution in [2.24, 2.45) is 0 Å². The maximum Gasteiger partial charge on any atom is 0.303 e. The Labute approximate surface area is 118 Å². The van der Waals surface area contributed by atoms with Gasteiger partial charge in [-0.2, -0.15) is 0 Å². The van der Waals surface area contributed by atoms with Crippen LogP contribution in [0.5, 0.6) is 0 Å². The highest BCUT2D eigenvalue weighted by Gasteiger charge is 2.48. The number of hydrogen-bond donors (Lipinski definition) is 0. The Morgan fingerprint density at radius 2 is 1.53 bits per heavy atom. The first kappa shape index (κ1) is 15.9. The standard InChI is InChI=1S/C11H15BrO7/c1-5(13)16-4-8-9(17-6(2)14)10(11(12)19-8)18-7(3)15/h8-11H,4H2,1-3H3/t8-,9-,10-,11-/m1/s1. The maximum absolute atomic E-state index is 11.1. The molecule has 108 valence electrons. The van der Waals surface area contributed by atoms with Crippen LogP contribution in [0.2, 0.25) is 0 Å². The van der Waals surface area contributed by atoms with Gasteiger partial charge in [-0.05, 0) is 0 Å².